The second-order valence-electron chi connectivity index (χ2n) is 5.48. The zero-order valence-corrected chi connectivity index (χ0v) is 13.7. The van der Waals surface area contributed by atoms with Crippen molar-refractivity contribution in [3.05, 3.63) is 23.3 Å². The Morgan fingerprint density at radius 3 is 2.05 bits per heavy atom. The van der Waals surface area contributed by atoms with Gasteiger partial charge in [-0.15, -0.1) is 0 Å². The minimum absolute atomic E-state index is 0.164. The number of ether oxygens (including phenoxy) is 2. The largest absolute Gasteiger partial charge is 0.496 e. The van der Waals surface area contributed by atoms with E-state index in [1.54, 1.807) is 12.1 Å². The van der Waals surface area contributed by atoms with Gasteiger partial charge in [0, 0.05) is 17.7 Å². The lowest BCUT2D eigenvalue weighted by Gasteiger charge is -2.23. The van der Waals surface area contributed by atoms with Crippen molar-refractivity contribution in [3.8, 4) is 11.5 Å². The number of carboxylic acids is 1. The van der Waals surface area contributed by atoms with Crippen molar-refractivity contribution in [3.63, 3.8) is 0 Å². The number of carbonyl (C=O) groups is 2. The molecule has 0 fully saturated rings. The Labute approximate surface area is 130 Å². The molecule has 0 unspecified atom stereocenters. The molecule has 1 N–H and O–H groups in total. The summed E-state index contributed by atoms with van der Waals surface area (Å²) in [5, 5.41) is 8.99. The van der Waals surface area contributed by atoms with Crippen LogP contribution >= 0.6 is 0 Å². The van der Waals surface area contributed by atoms with Gasteiger partial charge >= 0.3 is 5.97 Å². The lowest BCUT2D eigenvalue weighted by Crippen LogP contribution is -2.38. The van der Waals surface area contributed by atoms with Gasteiger partial charge < -0.3 is 19.5 Å². The molecule has 0 aliphatic carbocycles. The van der Waals surface area contributed by atoms with Crippen LogP contribution in [-0.2, 0) is 4.79 Å². The molecule has 6 heteroatoms. The van der Waals surface area contributed by atoms with E-state index in [1.165, 1.54) is 19.1 Å². The SMILES string of the molecule is COc1cc(C(=O)N(CC(=O)O)CC(C)C)cc(OC)c1C. The smallest absolute Gasteiger partial charge is 0.323 e. The van der Waals surface area contributed by atoms with Gasteiger partial charge in [-0.05, 0) is 25.0 Å². The number of amides is 1. The van der Waals surface area contributed by atoms with Gasteiger partial charge in [0.25, 0.3) is 5.91 Å². The standard InChI is InChI=1S/C16H23NO5/c1-10(2)8-17(9-15(18)19)16(20)12-6-13(21-4)11(3)14(7-12)22-5/h6-7,10H,8-9H2,1-5H3,(H,18,19). The summed E-state index contributed by atoms with van der Waals surface area (Å²) in [5.41, 5.74) is 1.14. The van der Waals surface area contributed by atoms with Gasteiger partial charge in [-0.2, -0.15) is 0 Å². The molecule has 0 saturated carbocycles. The fourth-order valence-corrected chi connectivity index (χ4v) is 2.22. The maximum atomic E-state index is 12.6. The number of carbonyl (C=O) groups excluding carboxylic acids is 1. The molecular weight excluding hydrogens is 286 g/mol. The maximum Gasteiger partial charge on any atom is 0.323 e. The molecule has 0 aliphatic heterocycles. The minimum atomic E-state index is -1.04. The second-order valence-corrected chi connectivity index (χ2v) is 5.48. The summed E-state index contributed by atoms with van der Waals surface area (Å²) in [5.74, 6) is -0.171. The Morgan fingerprint density at radius 2 is 1.68 bits per heavy atom. The third-order valence-electron chi connectivity index (χ3n) is 3.20. The van der Waals surface area contributed by atoms with Crippen molar-refractivity contribution in [1.29, 1.82) is 0 Å². The van der Waals surface area contributed by atoms with Crippen LogP contribution in [0.4, 0.5) is 0 Å². The van der Waals surface area contributed by atoms with Crippen molar-refractivity contribution in [2.75, 3.05) is 27.3 Å². The normalized spacial score (nSPS) is 10.5. The third-order valence-corrected chi connectivity index (χ3v) is 3.20. The summed E-state index contributed by atoms with van der Waals surface area (Å²) in [4.78, 5) is 24.9. The Bertz CT molecular complexity index is 528. The van der Waals surface area contributed by atoms with Gasteiger partial charge in [-0.25, -0.2) is 0 Å². The molecule has 0 heterocycles. The number of carboxylic acid groups (broad SMARTS) is 1. The van der Waals surface area contributed by atoms with E-state index in [1.807, 2.05) is 20.8 Å². The van der Waals surface area contributed by atoms with E-state index in [9.17, 15) is 9.59 Å². The van der Waals surface area contributed by atoms with E-state index < -0.39 is 5.97 Å². The highest BCUT2D eigenvalue weighted by Crippen LogP contribution is 2.30. The van der Waals surface area contributed by atoms with Crippen molar-refractivity contribution in [2.24, 2.45) is 5.92 Å². The third kappa shape index (κ3) is 4.38. The number of hydrogen-bond donors (Lipinski definition) is 1. The molecule has 1 amide bonds. The molecule has 0 saturated heterocycles. The molecule has 6 nitrogen and oxygen atoms in total. The van der Waals surface area contributed by atoms with Crippen LogP contribution < -0.4 is 9.47 Å². The summed E-state index contributed by atoms with van der Waals surface area (Å²) in [6.07, 6.45) is 0. The number of rotatable bonds is 7. The van der Waals surface area contributed by atoms with E-state index in [4.69, 9.17) is 14.6 Å². The van der Waals surface area contributed by atoms with E-state index in [2.05, 4.69) is 0 Å². The molecule has 1 rings (SSSR count). The first-order chi connectivity index (χ1) is 10.3. The van der Waals surface area contributed by atoms with Crippen molar-refractivity contribution in [2.45, 2.75) is 20.8 Å². The number of hydrogen-bond acceptors (Lipinski definition) is 4. The van der Waals surface area contributed by atoms with Crippen molar-refractivity contribution < 1.29 is 24.2 Å². The minimum Gasteiger partial charge on any atom is -0.496 e. The van der Waals surface area contributed by atoms with Crippen molar-refractivity contribution in [1.82, 2.24) is 4.90 Å². The van der Waals surface area contributed by atoms with Crippen LogP contribution in [0, 0.1) is 12.8 Å². The monoisotopic (exact) mass is 309 g/mol. The van der Waals surface area contributed by atoms with Gasteiger partial charge in [-0.1, -0.05) is 13.8 Å². The predicted molar refractivity (Wildman–Crippen MR) is 82.7 cm³/mol. The number of benzene rings is 1. The molecule has 0 atom stereocenters. The van der Waals surface area contributed by atoms with Gasteiger partial charge in [0.15, 0.2) is 0 Å². The van der Waals surface area contributed by atoms with Crippen LogP contribution in [-0.4, -0.2) is 49.2 Å². The van der Waals surface area contributed by atoms with E-state index in [-0.39, 0.29) is 18.4 Å². The Balaban J connectivity index is 3.19. The zero-order chi connectivity index (χ0) is 16.9. The van der Waals surface area contributed by atoms with E-state index >= 15 is 0 Å². The molecule has 22 heavy (non-hydrogen) atoms. The van der Waals surface area contributed by atoms with Crippen LogP contribution in [0.5, 0.6) is 11.5 Å². The molecule has 0 radical (unpaired) electrons. The average Bonchev–Trinajstić information content (AvgIpc) is 2.45. The number of aliphatic carboxylic acids is 1. The first-order valence-electron chi connectivity index (χ1n) is 7.03. The van der Waals surface area contributed by atoms with Crippen LogP contribution in [0.25, 0.3) is 0 Å². The van der Waals surface area contributed by atoms with Crippen LogP contribution in [0.3, 0.4) is 0 Å². The topological polar surface area (TPSA) is 76.1 Å². The first-order valence-corrected chi connectivity index (χ1v) is 7.03. The average molecular weight is 309 g/mol. The van der Waals surface area contributed by atoms with Crippen molar-refractivity contribution >= 4 is 11.9 Å². The summed E-state index contributed by atoms with van der Waals surface area (Å²) in [6, 6.07) is 3.21. The van der Waals surface area contributed by atoms with Gasteiger partial charge in [-0.3, -0.25) is 9.59 Å². The lowest BCUT2D eigenvalue weighted by atomic mass is 10.1. The molecule has 1 aromatic rings. The lowest BCUT2D eigenvalue weighted by molar-refractivity contribution is -0.137. The quantitative estimate of drug-likeness (QED) is 0.835. The van der Waals surface area contributed by atoms with Crippen LogP contribution in [0.1, 0.15) is 29.8 Å². The van der Waals surface area contributed by atoms with E-state index in [0.717, 1.165) is 5.56 Å². The highest BCUT2D eigenvalue weighted by Gasteiger charge is 2.22. The fraction of sp³-hybridized carbons (Fsp3) is 0.500. The molecule has 0 spiro atoms. The number of nitrogens with zero attached hydrogens (tertiary/aromatic N) is 1. The van der Waals surface area contributed by atoms with E-state index in [0.29, 0.717) is 23.6 Å². The second kappa shape index (κ2) is 7.68. The Morgan fingerprint density at radius 1 is 1.18 bits per heavy atom. The summed E-state index contributed by atoms with van der Waals surface area (Å²) < 4.78 is 10.5. The predicted octanol–water partition coefficient (Wildman–Crippen LogP) is 2.20. The highest BCUT2D eigenvalue weighted by molar-refractivity contribution is 5.96. The zero-order valence-electron chi connectivity index (χ0n) is 13.7. The molecule has 0 aliphatic rings. The summed E-state index contributed by atoms with van der Waals surface area (Å²) >= 11 is 0. The molecular formula is C16H23NO5. The van der Waals surface area contributed by atoms with Gasteiger partial charge in [0.1, 0.15) is 18.0 Å². The Kier molecular flexibility index (Phi) is 6.22. The Hall–Kier alpha value is -2.24. The van der Waals surface area contributed by atoms with Gasteiger partial charge in [0.2, 0.25) is 0 Å². The number of methoxy groups -OCH3 is 2. The van der Waals surface area contributed by atoms with Crippen LogP contribution in [0.2, 0.25) is 0 Å². The fourth-order valence-electron chi connectivity index (χ4n) is 2.22. The molecule has 122 valence electrons. The maximum absolute atomic E-state index is 12.6. The summed E-state index contributed by atoms with van der Waals surface area (Å²) in [6.45, 7) is 5.71. The highest BCUT2D eigenvalue weighted by atomic mass is 16.5. The first kappa shape index (κ1) is 17.8. The molecule has 0 aromatic heterocycles. The molecule has 1 aromatic carbocycles. The van der Waals surface area contributed by atoms with Crippen LogP contribution in [0.15, 0.2) is 12.1 Å². The summed E-state index contributed by atoms with van der Waals surface area (Å²) in [7, 11) is 3.03. The molecule has 0 bridgehead atoms. The van der Waals surface area contributed by atoms with Gasteiger partial charge in [0.05, 0.1) is 14.2 Å².